The molecule has 0 spiro atoms. The number of rotatable bonds is 4. The van der Waals surface area contributed by atoms with E-state index in [1.807, 2.05) is 0 Å². The molecule has 0 radical (unpaired) electrons. The first-order chi connectivity index (χ1) is 11.6. The maximum absolute atomic E-state index is 12.2. The molecule has 3 N–H and O–H groups in total. The molecule has 132 valence electrons. The molecule has 1 aromatic heterocycles. The molecule has 0 aromatic carbocycles. The fraction of sp³-hybridized carbons (Fsp3) is 0.688. The first-order valence-electron chi connectivity index (χ1n) is 8.66. The van der Waals surface area contributed by atoms with Crippen molar-refractivity contribution in [2.75, 3.05) is 43.4 Å². The molecule has 1 saturated carbocycles. The van der Waals surface area contributed by atoms with E-state index in [0.29, 0.717) is 29.2 Å². The van der Waals surface area contributed by atoms with Gasteiger partial charge in [-0.25, -0.2) is 9.97 Å². The van der Waals surface area contributed by atoms with Crippen molar-refractivity contribution >= 4 is 29.1 Å². The lowest BCUT2D eigenvalue weighted by Crippen LogP contribution is -2.51. The monoisotopic (exact) mass is 352 g/mol. The summed E-state index contributed by atoms with van der Waals surface area (Å²) in [6, 6.07) is 0.371. The van der Waals surface area contributed by atoms with Gasteiger partial charge >= 0.3 is 0 Å². The van der Waals surface area contributed by atoms with Crippen molar-refractivity contribution < 1.29 is 4.79 Å². The SMILES string of the molecule is Nc1ncnc(N2CCN(CC(=O)NC3CCCCC3)CC2)c1Cl. The smallest absolute Gasteiger partial charge is 0.234 e. The minimum atomic E-state index is 0.139. The number of anilines is 2. The normalized spacial score (nSPS) is 20.1. The first kappa shape index (κ1) is 17.2. The van der Waals surface area contributed by atoms with E-state index in [1.165, 1.54) is 25.6 Å². The van der Waals surface area contributed by atoms with Gasteiger partial charge in [0.25, 0.3) is 0 Å². The van der Waals surface area contributed by atoms with Gasteiger partial charge in [0.15, 0.2) is 5.82 Å². The van der Waals surface area contributed by atoms with E-state index in [-0.39, 0.29) is 5.91 Å². The zero-order valence-corrected chi connectivity index (χ0v) is 14.6. The zero-order chi connectivity index (χ0) is 16.9. The molecule has 0 atom stereocenters. The standard InChI is InChI=1S/C16H25ClN6O/c17-14-15(18)19-11-20-16(14)23-8-6-22(7-9-23)10-13(24)21-12-4-2-1-3-5-12/h11-12H,1-10H2,(H,21,24)(H2,18,19,20). The minimum Gasteiger partial charge on any atom is -0.382 e. The predicted molar refractivity (Wildman–Crippen MR) is 95.1 cm³/mol. The van der Waals surface area contributed by atoms with Crippen molar-refractivity contribution in [3.05, 3.63) is 11.3 Å². The second-order valence-electron chi connectivity index (χ2n) is 6.56. The highest BCUT2D eigenvalue weighted by Gasteiger charge is 2.23. The largest absolute Gasteiger partial charge is 0.382 e. The van der Waals surface area contributed by atoms with E-state index in [2.05, 4.69) is 25.1 Å². The molecule has 1 aliphatic carbocycles. The van der Waals surface area contributed by atoms with Crippen LogP contribution in [-0.4, -0.2) is 59.5 Å². The van der Waals surface area contributed by atoms with Crippen molar-refractivity contribution in [2.24, 2.45) is 0 Å². The maximum atomic E-state index is 12.2. The van der Waals surface area contributed by atoms with E-state index >= 15 is 0 Å². The average molecular weight is 353 g/mol. The molecule has 24 heavy (non-hydrogen) atoms. The summed E-state index contributed by atoms with van der Waals surface area (Å²) in [4.78, 5) is 24.6. The molecule has 2 fully saturated rings. The molecule has 1 aromatic rings. The van der Waals surface area contributed by atoms with E-state index in [9.17, 15) is 4.79 Å². The number of amides is 1. The Balaban J connectivity index is 1.46. The van der Waals surface area contributed by atoms with Gasteiger partial charge in [-0.1, -0.05) is 30.9 Å². The van der Waals surface area contributed by atoms with Gasteiger partial charge in [-0.05, 0) is 12.8 Å². The average Bonchev–Trinajstić information content (AvgIpc) is 2.59. The summed E-state index contributed by atoms with van der Waals surface area (Å²) in [6.45, 7) is 3.61. The van der Waals surface area contributed by atoms with Gasteiger partial charge in [-0.2, -0.15) is 0 Å². The minimum absolute atomic E-state index is 0.139. The van der Waals surface area contributed by atoms with Crippen LogP contribution in [0.25, 0.3) is 0 Å². The third-order valence-corrected chi connectivity index (χ3v) is 5.17. The Kier molecular flexibility index (Phi) is 5.73. The van der Waals surface area contributed by atoms with Crippen LogP contribution in [0.3, 0.4) is 0 Å². The number of nitrogens with one attached hydrogen (secondary N) is 1. The van der Waals surface area contributed by atoms with Crippen molar-refractivity contribution in [1.29, 1.82) is 0 Å². The fourth-order valence-corrected chi connectivity index (χ4v) is 3.65. The molecule has 3 rings (SSSR count). The summed E-state index contributed by atoms with van der Waals surface area (Å²) in [5.74, 6) is 1.12. The molecular weight excluding hydrogens is 328 g/mol. The summed E-state index contributed by atoms with van der Waals surface area (Å²) in [5, 5.41) is 3.58. The highest BCUT2D eigenvalue weighted by atomic mass is 35.5. The Hall–Kier alpha value is -1.60. The van der Waals surface area contributed by atoms with E-state index in [4.69, 9.17) is 17.3 Å². The number of nitrogens with zero attached hydrogens (tertiary/aromatic N) is 4. The molecular formula is C16H25ClN6O. The highest BCUT2D eigenvalue weighted by molar-refractivity contribution is 6.35. The van der Waals surface area contributed by atoms with Gasteiger partial charge in [0.1, 0.15) is 17.2 Å². The molecule has 7 nitrogen and oxygen atoms in total. The Labute approximate surface area is 147 Å². The van der Waals surface area contributed by atoms with Crippen LogP contribution in [0.2, 0.25) is 5.02 Å². The van der Waals surface area contributed by atoms with Gasteiger partial charge in [0.2, 0.25) is 5.91 Å². The quantitative estimate of drug-likeness (QED) is 0.848. The van der Waals surface area contributed by atoms with Crippen LogP contribution in [0.4, 0.5) is 11.6 Å². The number of nitrogens with two attached hydrogens (primary N) is 1. The van der Waals surface area contributed by atoms with E-state index < -0.39 is 0 Å². The van der Waals surface area contributed by atoms with Gasteiger partial charge in [0, 0.05) is 32.2 Å². The highest BCUT2D eigenvalue weighted by Crippen LogP contribution is 2.27. The Morgan fingerprint density at radius 2 is 1.92 bits per heavy atom. The number of nitrogen functional groups attached to an aromatic ring is 1. The Bertz CT molecular complexity index is 570. The number of piperazine rings is 1. The summed E-state index contributed by atoms with van der Waals surface area (Å²) in [6.07, 6.45) is 7.42. The number of hydrogen-bond acceptors (Lipinski definition) is 6. The molecule has 0 bridgehead atoms. The van der Waals surface area contributed by atoms with Crippen LogP contribution in [-0.2, 0) is 4.79 Å². The maximum Gasteiger partial charge on any atom is 0.234 e. The molecule has 2 aliphatic rings. The zero-order valence-electron chi connectivity index (χ0n) is 13.9. The third-order valence-electron chi connectivity index (χ3n) is 4.81. The van der Waals surface area contributed by atoms with Crippen LogP contribution in [0.1, 0.15) is 32.1 Å². The molecule has 0 unspecified atom stereocenters. The molecule has 8 heteroatoms. The lowest BCUT2D eigenvalue weighted by atomic mass is 9.95. The van der Waals surface area contributed by atoms with Crippen molar-refractivity contribution in [3.63, 3.8) is 0 Å². The molecule has 2 heterocycles. The van der Waals surface area contributed by atoms with Crippen molar-refractivity contribution in [3.8, 4) is 0 Å². The van der Waals surface area contributed by atoms with Crippen LogP contribution in [0, 0.1) is 0 Å². The summed E-state index contributed by atoms with van der Waals surface area (Å²) < 4.78 is 0. The van der Waals surface area contributed by atoms with Crippen LogP contribution < -0.4 is 16.0 Å². The van der Waals surface area contributed by atoms with E-state index in [1.54, 1.807) is 0 Å². The number of aromatic nitrogens is 2. The lowest BCUT2D eigenvalue weighted by Gasteiger charge is -2.35. The summed E-state index contributed by atoms with van der Waals surface area (Å²) in [7, 11) is 0. The second kappa shape index (κ2) is 7.98. The van der Waals surface area contributed by atoms with Crippen molar-refractivity contribution in [1.82, 2.24) is 20.2 Å². The summed E-state index contributed by atoms with van der Waals surface area (Å²) in [5.41, 5.74) is 5.74. The number of carbonyl (C=O) groups excluding carboxylic acids is 1. The number of hydrogen-bond donors (Lipinski definition) is 2. The van der Waals surface area contributed by atoms with Gasteiger partial charge in [0.05, 0.1) is 6.54 Å². The van der Waals surface area contributed by atoms with Crippen LogP contribution in [0.5, 0.6) is 0 Å². The van der Waals surface area contributed by atoms with Crippen molar-refractivity contribution in [2.45, 2.75) is 38.1 Å². The number of halogens is 1. The van der Waals surface area contributed by atoms with E-state index in [0.717, 1.165) is 39.0 Å². The number of carbonyl (C=O) groups is 1. The molecule has 1 aliphatic heterocycles. The second-order valence-corrected chi connectivity index (χ2v) is 6.94. The topological polar surface area (TPSA) is 87.4 Å². The fourth-order valence-electron chi connectivity index (χ4n) is 3.44. The van der Waals surface area contributed by atoms with Crippen LogP contribution in [0.15, 0.2) is 6.33 Å². The van der Waals surface area contributed by atoms with Crippen LogP contribution >= 0.6 is 11.6 Å². The third kappa shape index (κ3) is 4.27. The Morgan fingerprint density at radius 1 is 1.21 bits per heavy atom. The predicted octanol–water partition coefficient (Wildman–Crippen LogP) is 1.28. The molecule has 1 saturated heterocycles. The first-order valence-corrected chi connectivity index (χ1v) is 9.04. The lowest BCUT2D eigenvalue weighted by molar-refractivity contribution is -0.123. The van der Waals surface area contributed by atoms with Gasteiger partial charge < -0.3 is 16.0 Å². The van der Waals surface area contributed by atoms with Gasteiger partial charge in [-0.3, -0.25) is 9.69 Å². The molecule has 1 amide bonds. The van der Waals surface area contributed by atoms with Gasteiger partial charge in [-0.15, -0.1) is 0 Å². The Morgan fingerprint density at radius 3 is 2.62 bits per heavy atom. The summed E-state index contributed by atoms with van der Waals surface area (Å²) >= 11 is 6.19.